The van der Waals surface area contributed by atoms with Crippen LogP contribution in [0.5, 0.6) is 6.01 Å². The summed E-state index contributed by atoms with van der Waals surface area (Å²) in [4.78, 5) is 26.1. The number of fused-ring (bicyclic) bond motifs is 1. The van der Waals surface area contributed by atoms with Crippen molar-refractivity contribution in [3.05, 3.63) is 35.4 Å². The third kappa shape index (κ3) is 4.82. The SMILES string of the molecule is CC(C)(C(=O)O)[C@H]1CC[C@H](Oc2nc3nc(-c4ccc(N5CC[C@H](O)C5)cc4)c(Cl)cc3[nH]2)CC1. The molecule has 0 bridgehead atoms. The topological polar surface area (TPSA) is 112 Å². The van der Waals surface area contributed by atoms with Crippen molar-refractivity contribution < 1.29 is 19.7 Å². The minimum atomic E-state index is -0.748. The van der Waals surface area contributed by atoms with E-state index >= 15 is 0 Å². The number of nitrogens with zero attached hydrogens (tertiary/aromatic N) is 3. The van der Waals surface area contributed by atoms with Gasteiger partial charge in [0.1, 0.15) is 6.10 Å². The van der Waals surface area contributed by atoms with Gasteiger partial charge in [0, 0.05) is 24.3 Å². The molecule has 5 rings (SSSR count). The first kappa shape index (κ1) is 23.9. The minimum Gasteiger partial charge on any atom is -0.481 e. The van der Waals surface area contributed by atoms with E-state index in [-0.39, 0.29) is 18.1 Å². The van der Waals surface area contributed by atoms with Gasteiger partial charge in [0.05, 0.1) is 27.8 Å². The van der Waals surface area contributed by atoms with E-state index in [1.807, 2.05) is 30.3 Å². The first-order chi connectivity index (χ1) is 16.7. The fourth-order valence-electron chi connectivity index (χ4n) is 5.20. The highest BCUT2D eigenvalue weighted by atomic mass is 35.5. The van der Waals surface area contributed by atoms with E-state index in [1.54, 1.807) is 13.8 Å². The van der Waals surface area contributed by atoms with Crippen LogP contribution in [0.2, 0.25) is 5.02 Å². The predicted octanol–water partition coefficient (Wildman–Crippen LogP) is 4.90. The number of hydrogen-bond acceptors (Lipinski definition) is 6. The number of halogens is 1. The number of aromatic amines is 1. The highest BCUT2D eigenvalue weighted by Crippen LogP contribution is 2.39. The molecular weight excluding hydrogens is 468 g/mol. The van der Waals surface area contributed by atoms with Gasteiger partial charge in [-0.2, -0.15) is 4.98 Å². The summed E-state index contributed by atoms with van der Waals surface area (Å²) in [6, 6.07) is 10.2. The molecule has 0 amide bonds. The molecule has 3 N–H and O–H groups in total. The van der Waals surface area contributed by atoms with Gasteiger partial charge in [0.25, 0.3) is 6.01 Å². The number of pyridine rings is 1. The van der Waals surface area contributed by atoms with Crippen LogP contribution in [0.15, 0.2) is 30.3 Å². The zero-order valence-electron chi connectivity index (χ0n) is 20.0. The average molecular weight is 499 g/mol. The second kappa shape index (κ2) is 9.32. The number of carboxylic acids is 1. The maximum absolute atomic E-state index is 11.6. The van der Waals surface area contributed by atoms with Gasteiger partial charge < -0.3 is 24.8 Å². The van der Waals surface area contributed by atoms with E-state index in [4.69, 9.17) is 16.3 Å². The first-order valence-electron chi connectivity index (χ1n) is 12.2. The van der Waals surface area contributed by atoms with Crippen LogP contribution in [0.4, 0.5) is 5.69 Å². The van der Waals surface area contributed by atoms with Gasteiger partial charge in [-0.05, 0) is 70.1 Å². The van der Waals surface area contributed by atoms with Crippen molar-refractivity contribution in [2.45, 2.75) is 58.2 Å². The summed E-state index contributed by atoms with van der Waals surface area (Å²) in [6.45, 7) is 5.11. The quantitative estimate of drug-likeness (QED) is 0.443. The number of ether oxygens (including phenoxy) is 1. The van der Waals surface area contributed by atoms with Crippen molar-refractivity contribution in [2.24, 2.45) is 11.3 Å². The number of carbonyl (C=O) groups is 1. The van der Waals surface area contributed by atoms with Gasteiger partial charge in [0.15, 0.2) is 5.65 Å². The van der Waals surface area contributed by atoms with E-state index in [1.165, 1.54) is 0 Å². The smallest absolute Gasteiger partial charge is 0.309 e. The minimum absolute atomic E-state index is 0.0111. The summed E-state index contributed by atoms with van der Waals surface area (Å²) in [5.74, 6) is -0.608. The van der Waals surface area contributed by atoms with Crippen molar-refractivity contribution >= 4 is 34.4 Å². The Hall–Kier alpha value is -2.84. The Labute approximate surface area is 209 Å². The van der Waals surface area contributed by atoms with Crippen LogP contribution in [0.3, 0.4) is 0 Å². The number of nitrogens with one attached hydrogen (secondary N) is 1. The Bertz CT molecular complexity index is 1220. The van der Waals surface area contributed by atoms with Crippen LogP contribution in [0, 0.1) is 11.3 Å². The van der Waals surface area contributed by atoms with Gasteiger partial charge >= 0.3 is 5.97 Å². The monoisotopic (exact) mass is 498 g/mol. The Morgan fingerprint density at radius 2 is 1.86 bits per heavy atom. The van der Waals surface area contributed by atoms with Crippen molar-refractivity contribution in [3.8, 4) is 17.3 Å². The highest BCUT2D eigenvalue weighted by Gasteiger charge is 2.39. The number of imidazole rings is 1. The summed E-state index contributed by atoms with van der Waals surface area (Å²) < 4.78 is 6.11. The molecule has 1 atom stereocenters. The van der Waals surface area contributed by atoms with Crippen molar-refractivity contribution in [3.63, 3.8) is 0 Å². The molecule has 1 aliphatic carbocycles. The molecule has 3 aromatic rings. The molecule has 8 nitrogen and oxygen atoms in total. The zero-order chi connectivity index (χ0) is 24.7. The molecule has 0 spiro atoms. The summed E-state index contributed by atoms with van der Waals surface area (Å²) in [5, 5.41) is 19.8. The number of aliphatic hydroxyl groups is 1. The maximum atomic E-state index is 11.6. The molecule has 35 heavy (non-hydrogen) atoms. The maximum Gasteiger partial charge on any atom is 0.309 e. The van der Waals surface area contributed by atoms with Crippen LogP contribution in [0.25, 0.3) is 22.4 Å². The average Bonchev–Trinajstić information content (AvgIpc) is 3.44. The number of anilines is 1. The number of benzene rings is 1. The van der Waals surface area contributed by atoms with Gasteiger partial charge in [0.2, 0.25) is 0 Å². The molecular formula is C26H31ClN4O4. The largest absolute Gasteiger partial charge is 0.481 e. The lowest BCUT2D eigenvalue weighted by molar-refractivity contribution is -0.151. The number of H-pyrrole nitrogens is 1. The van der Waals surface area contributed by atoms with Crippen LogP contribution in [-0.2, 0) is 4.79 Å². The Balaban J connectivity index is 1.28. The van der Waals surface area contributed by atoms with Crippen LogP contribution >= 0.6 is 11.6 Å². The number of rotatable bonds is 6. The van der Waals surface area contributed by atoms with E-state index in [2.05, 4.69) is 19.9 Å². The Morgan fingerprint density at radius 3 is 2.49 bits per heavy atom. The van der Waals surface area contributed by atoms with Gasteiger partial charge in [-0.3, -0.25) is 4.79 Å². The molecule has 186 valence electrons. The molecule has 1 saturated carbocycles. The first-order valence-corrected chi connectivity index (χ1v) is 12.6. The van der Waals surface area contributed by atoms with E-state index in [9.17, 15) is 15.0 Å². The number of carboxylic acid groups (broad SMARTS) is 1. The Kier molecular flexibility index (Phi) is 6.36. The number of aromatic nitrogens is 3. The fraction of sp³-hybridized carbons (Fsp3) is 0.500. The molecule has 2 aliphatic rings. The Morgan fingerprint density at radius 1 is 1.14 bits per heavy atom. The van der Waals surface area contributed by atoms with Gasteiger partial charge in [-0.1, -0.05) is 23.7 Å². The van der Waals surface area contributed by atoms with Crippen molar-refractivity contribution in [1.82, 2.24) is 15.0 Å². The molecule has 9 heteroatoms. The normalized spacial score (nSPS) is 23.1. The molecule has 1 aromatic carbocycles. The lowest BCUT2D eigenvalue weighted by Gasteiger charge is -2.36. The molecule has 2 fully saturated rings. The lowest BCUT2D eigenvalue weighted by atomic mass is 9.70. The molecule has 1 aliphatic heterocycles. The standard InChI is InChI=1S/C26H31ClN4O4/c1-26(2,24(33)34)16-5-9-19(10-6-16)35-25-28-21-13-20(27)22(29-23(21)30-25)15-3-7-17(8-4-15)31-12-11-18(32)14-31/h3-4,7-8,13,16,18-19,32H,5-6,9-12,14H2,1-2H3,(H,33,34)(H,28,29,30)/t16-,18-,19-/m0/s1. The summed E-state index contributed by atoms with van der Waals surface area (Å²) in [5.41, 5.74) is 3.13. The molecule has 1 saturated heterocycles. The molecule has 0 radical (unpaired) electrons. The van der Waals surface area contributed by atoms with Gasteiger partial charge in [-0.25, -0.2) is 4.98 Å². The lowest BCUT2D eigenvalue weighted by Crippen LogP contribution is -2.37. The molecule has 2 aromatic heterocycles. The fourth-order valence-corrected chi connectivity index (χ4v) is 5.46. The van der Waals surface area contributed by atoms with Crippen molar-refractivity contribution in [1.29, 1.82) is 0 Å². The number of β-amino-alcohol motifs (C(OH)–C–C–N with tert-alkyl or cyclic N) is 1. The second-order valence-electron chi connectivity index (χ2n) is 10.3. The van der Waals surface area contributed by atoms with E-state index < -0.39 is 11.4 Å². The highest BCUT2D eigenvalue weighted by molar-refractivity contribution is 6.33. The van der Waals surface area contributed by atoms with E-state index in [0.717, 1.165) is 49.9 Å². The molecule has 0 unspecified atom stereocenters. The summed E-state index contributed by atoms with van der Waals surface area (Å²) >= 11 is 6.57. The number of aliphatic hydroxyl groups excluding tert-OH is 1. The third-order valence-electron chi connectivity index (χ3n) is 7.60. The second-order valence-corrected chi connectivity index (χ2v) is 10.7. The van der Waals surface area contributed by atoms with Crippen LogP contribution in [0.1, 0.15) is 46.0 Å². The van der Waals surface area contributed by atoms with Crippen LogP contribution in [-0.4, -0.2) is 56.4 Å². The summed E-state index contributed by atoms with van der Waals surface area (Å²) in [6.07, 6.45) is 3.71. The zero-order valence-corrected chi connectivity index (χ0v) is 20.8. The molecule has 3 heterocycles. The summed E-state index contributed by atoms with van der Waals surface area (Å²) in [7, 11) is 0. The van der Waals surface area contributed by atoms with E-state index in [0.29, 0.717) is 34.4 Å². The number of hydrogen-bond donors (Lipinski definition) is 3. The predicted molar refractivity (Wildman–Crippen MR) is 135 cm³/mol. The number of aliphatic carboxylic acids is 1. The van der Waals surface area contributed by atoms with Crippen LogP contribution < -0.4 is 9.64 Å². The third-order valence-corrected chi connectivity index (χ3v) is 7.89. The van der Waals surface area contributed by atoms with Crippen molar-refractivity contribution in [2.75, 3.05) is 18.0 Å². The van der Waals surface area contributed by atoms with Gasteiger partial charge in [-0.15, -0.1) is 0 Å².